The smallest absolute Gasteiger partial charge is 0.446 e. The maximum Gasteiger partial charge on any atom is 0.494 e. The second-order valence-corrected chi connectivity index (χ2v) is 8.87. The van der Waals surface area contributed by atoms with E-state index in [4.69, 9.17) is 14.0 Å². The lowest BCUT2D eigenvalue weighted by atomic mass is 9.78. The van der Waals surface area contributed by atoms with Gasteiger partial charge in [0.25, 0.3) is 0 Å². The average molecular weight is 375 g/mol. The molecule has 148 valence electrons. The molecule has 6 nitrogen and oxygen atoms in total. The Morgan fingerprint density at radius 1 is 1.33 bits per heavy atom. The molecule has 0 aromatic heterocycles. The molecule has 1 aromatic carbocycles. The van der Waals surface area contributed by atoms with Crippen molar-refractivity contribution in [3.8, 4) is 0 Å². The van der Waals surface area contributed by atoms with E-state index in [0.717, 1.165) is 17.4 Å². The number of amides is 1. The highest BCUT2D eigenvalue weighted by Crippen LogP contribution is 2.28. The number of benzene rings is 1. The molecule has 0 spiro atoms. The van der Waals surface area contributed by atoms with E-state index in [2.05, 4.69) is 0 Å². The van der Waals surface area contributed by atoms with Gasteiger partial charge in [-0.3, -0.25) is 0 Å². The van der Waals surface area contributed by atoms with Gasteiger partial charge in [0.1, 0.15) is 6.10 Å². The zero-order chi connectivity index (χ0) is 19.8. The summed E-state index contributed by atoms with van der Waals surface area (Å²) in [6.45, 7) is 10.7. The summed E-state index contributed by atoms with van der Waals surface area (Å²) in [5, 5.41) is 9.93. The summed E-state index contributed by atoms with van der Waals surface area (Å²) in [6, 6.07) is 7.91. The number of carbonyl (C=O) groups is 1. The molecule has 2 fully saturated rings. The maximum atomic E-state index is 12.4. The van der Waals surface area contributed by atoms with Gasteiger partial charge in [-0.15, -0.1) is 0 Å². The first-order valence-electron chi connectivity index (χ1n) is 9.63. The molecule has 0 aliphatic carbocycles. The Hall–Kier alpha value is -1.57. The highest BCUT2D eigenvalue weighted by Gasteiger charge is 2.38. The monoisotopic (exact) mass is 375 g/mol. The number of aliphatic hydroxyl groups is 1. The predicted octanol–water partition coefficient (Wildman–Crippen LogP) is 2.64. The molecule has 7 heteroatoms. The molecule has 2 aliphatic rings. The molecule has 2 heterocycles. The van der Waals surface area contributed by atoms with Crippen molar-refractivity contribution in [1.82, 2.24) is 4.90 Å². The molecule has 1 aromatic rings. The van der Waals surface area contributed by atoms with Gasteiger partial charge in [-0.1, -0.05) is 24.3 Å². The fourth-order valence-electron chi connectivity index (χ4n) is 3.61. The lowest BCUT2D eigenvalue weighted by molar-refractivity contribution is -0.0309. The zero-order valence-electron chi connectivity index (χ0n) is 16.9. The Morgan fingerprint density at radius 2 is 2.00 bits per heavy atom. The van der Waals surface area contributed by atoms with Crippen molar-refractivity contribution in [3.63, 3.8) is 0 Å². The van der Waals surface area contributed by atoms with Crippen LogP contribution in [0.4, 0.5) is 4.79 Å². The summed E-state index contributed by atoms with van der Waals surface area (Å²) >= 11 is 0. The van der Waals surface area contributed by atoms with Crippen LogP contribution in [-0.4, -0.2) is 53.7 Å². The highest BCUT2D eigenvalue weighted by atomic mass is 16.7. The Bertz CT molecular complexity index is 670. The van der Waals surface area contributed by atoms with Crippen molar-refractivity contribution < 1.29 is 23.9 Å². The van der Waals surface area contributed by atoms with Crippen molar-refractivity contribution >= 4 is 18.7 Å². The zero-order valence-corrected chi connectivity index (χ0v) is 16.9. The number of hydrogen-bond donors (Lipinski definition) is 1. The quantitative estimate of drug-likeness (QED) is 0.802. The first-order valence-corrected chi connectivity index (χ1v) is 9.63. The minimum Gasteiger partial charge on any atom is -0.446 e. The van der Waals surface area contributed by atoms with Gasteiger partial charge < -0.3 is 24.1 Å². The molecular weight excluding hydrogens is 345 g/mol. The maximum absolute atomic E-state index is 12.4. The number of nitrogens with zero attached hydrogens (tertiary/aromatic N) is 1. The third-order valence-corrected chi connectivity index (χ3v) is 5.09. The number of hydrogen-bond acceptors (Lipinski definition) is 5. The Morgan fingerprint density at radius 3 is 2.52 bits per heavy atom. The van der Waals surface area contributed by atoms with E-state index in [9.17, 15) is 9.90 Å². The molecular formula is C20H30BNO5. The molecule has 2 saturated heterocycles. The van der Waals surface area contributed by atoms with Crippen LogP contribution in [-0.2, 0) is 14.0 Å². The summed E-state index contributed by atoms with van der Waals surface area (Å²) in [5.41, 5.74) is 0.901. The number of ether oxygens (including phenoxy) is 1. The molecule has 0 unspecified atom stereocenters. The number of rotatable bonds is 5. The van der Waals surface area contributed by atoms with Gasteiger partial charge in [-0.05, 0) is 45.6 Å². The lowest BCUT2D eigenvalue weighted by Gasteiger charge is -2.37. The van der Waals surface area contributed by atoms with Crippen molar-refractivity contribution in [2.24, 2.45) is 0 Å². The van der Waals surface area contributed by atoms with Gasteiger partial charge in [0, 0.05) is 19.4 Å². The van der Waals surface area contributed by atoms with E-state index in [1.165, 1.54) is 0 Å². The highest BCUT2D eigenvalue weighted by molar-refractivity contribution is 6.61. The predicted molar refractivity (Wildman–Crippen MR) is 104 cm³/mol. The van der Waals surface area contributed by atoms with E-state index in [1.54, 1.807) is 18.7 Å². The van der Waals surface area contributed by atoms with Crippen LogP contribution < -0.4 is 5.46 Å². The van der Waals surface area contributed by atoms with E-state index < -0.39 is 5.60 Å². The van der Waals surface area contributed by atoms with Crippen molar-refractivity contribution in [3.05, 3.63) is 29.8 Å². The van der Waals surface area contributed by atoms with Gasteiger partial charge in [0.2, 0.25) is 0 Å². The SMILES string of the molecule is C[C@@H](c1ccc(B2OCC(C)(C)O2)cc1)N1CC[C@@H](CC(C)(C)O)OC1=O. The number of cyclic esters (lactones) is 1. The molecule has 2 aliphatic heterocycles. The largest absolute Gasteiger partial charge is 0.494 e. The minimum absolute atomic E-state index is 0.0866. The van der Waals surface area contributed by atoms with Gasteiger partial charge in [-0.2, -0.15) is 0 Å². The fraction of sp³-hybridized carbons (Fsp3) is 0.650. The van der Waals surface area contributed by atoms with Crippen LogP contribution in [0.3, 0.4) is 0 Å². The number of carbonyl (C=O) groups excluding carboxylic acids is 1. The molecule has 0 radical (unpaired) electrons. The van der Waals surface area contributed by atoms with Gasteiger partial charge in [0.15, 0.2) is 0 Å². The molecule has 2 atom stereocenters. The average Bonchev–Trinajstić information content (AvgIpc) is 2.93. The van der Waals surface area contributed by atoms with E-state index >= 15 is 0 Å². The van der Waals surface area contributed by atoms with Crippen LogP contribution >= 0.6 is 0 Å². The van der Waals surface area contributed by atoms with Gasteiger partial charge in [-0.25, -0.2) is 4.79 Å². The van der Waals surface area contributed by atoms with Crippen LogP contribution in [0.25, 0.3) is 0 Å². The molecule has 3 rings (SSSR count). The molecule has 1 N–H and O–H groups in total. The van der Waals surface area contributed by atoms with Crippen LogP contribution in [0.5, 0.6) is 0 Å². The van der Waals surface area contributed by atoms with Crippen LogP contribution in [0.2, 0.25) is 0 Å². The molecule has 0 saturated carbocycles. The summed E-state index contributed by atoms with van der Waals surface area (Å²) in [4.78, 5) is 14.2. The van der Waals surface area contributed by atoms with E-state index in [-0.39, 0.29) is 31.0 Å². The van der Waals surface area contributed by atoms with Crippen molar-refractivity contribution in [2.45, 2.75) is 70.8 Å². The summed E-state index contributed by atoms with van der Waals surface area (Å²) in [5.74, 6) is 0. The summed E-state index contributed by atoms with van der Waals surface area (Å²) in [6.07, 6.45) is 0.615. The standard InChI is InChI=1S/C20H30BNO5/c1-14(22-11-10-17(26-18(22)23)12-19(2,3)24)15-6-8-16(9-7-15)21-25-13-20(4,5)27-21/h6-9,14,17,24H,10-13H2,1-5H3/t14-,17-/m0/s1. The first-order chi connectivity index (χ1) is 12.5. The molecule has 27 heavy (non-hydrogen) atoms. The molecule has 1 amide bonds. The third-order valence-electron chi connectivity index (χ3n) is 5.09. The first kappa shape index (κ1) is 20.2. The minimum atomic E-state index is -0.840. The lowest BCUT2D eigenvalue weighted by Crippen LogP contribution is -2.45. The van der Waals surface area contributed by atoms with Crippen molar-refractivity contribution in [2.75, 3.05) is 13.2 Å². The van der Waals surface area contributed by atoms with Crippen LogP contribution in [0, 0.1) is 0 Å². The second-order valence-electron chi connectivity index (χ2n) is 8.87. The second kappa shape index (κ2) is 7.45. The summed E-state index contributed by atoms with van der Waals surface area (Å²) in [7, 11) is -0.341. The van der Waals surface area contributed by atoms with Crippen LogP contribution in [0.1, 0.15) is 59.1 Å². The Labute approximate surface area is 161 Å². The van der Waals surface area contributed by atoms with E-state index in [0.29, 0.717) is 19.6 Å². The van der Waals surface area contributed by atoms with Gasteiger partial charge >= 0.3 is 13.2 Å². The van der Waals surface area contributed by atoms with Gasteiger partial charge in [0.05, 0.1) is 23.9 Å². The van der Waals surface area contributed by atoms with Crippen molar-refractivity contribution in [1.29, 1.82) is 0 Å². The third kappa shape index (κ3) is 5.03. The van der Waals surface area contributed by atoms with E-state index in [1.807, 2.05) is 45.0 Å². The summed E-state index contributed by atoms with van der Waals surface area (Å²) < 4.78 is 17.1. The van der Waals surface area contributed by atoms with Crippen LogP contribution in [0.15, 0.2) is 24.3 Å². The fourth-order valence-corrected chi connectivity index (χ4v) is 3.61. The Balaban J connectivity index is 1.61. The Kier molecular flexibility index (Phi) is 5.57. The molecule has 0 bridgehead atoms. The normalized spacial score (nSPS) is 24.1. The topological polar surface area (TPSA) is 68.2 Å².